The number of aromatic nitrogens is 2. The number of nitrogens with zero attached hydrogens (tertiary/aromatic N) is 2. The highest BCUT2D eigenvalue weighted by atomic mass is 16.3. The summed E-state index contributed by atoms with van der Waals surface area (Å²) >= 11 is 0. The van der Waals surface area contributed by atoms with Gasteiger partial charge in [0.15, 0.2) is 0 Å². The molecule has 1 amide bonds. The van der Waals surface area contributed by atoms with Gasteiger partial charge in [0.2, 0.25) is 5.91 Å². The highest BCUT2D eigenvalue weighted by Gasteiger charge is 2.21. The number of aliphatic hydroxyl groups excluding tert-OH is 2. The van der Waals surface area contributed by atoms with Crippen molar-refractivity contribution in [1.82, 2.24) is 15.3 Å². The standard InChI is InChI=1S/C16H27N3O3/c1-3-5-7-12-9-18-13(10-17-12)8-14(15(21)11-20)19-16(22)6-4-2/h9-10,14-15,20-21H,3-8,11H2,1-2H3,(H,19,22)/t14-,15+/m0/s1. The van der Waals surface area contributed by atoms with Gasteiger partial charge in [0.25, 0.3) is 0 Å². The average molecular weight is 309 g/mol. The molecule has 6 heteroatoms. The van der Waals surface area contributed by atoms with Gasteiger partial charge in [-0.25, -0.2) is 0 Å². The summed E-state index contributed by atoms with van der Waals surface area (Å²) in [6.45, 7) is 3.64. The Morgan fingerprint density at radius 1 is 1.23 bits per heavy atom. The minimum absolute atomic E-state index is 0.132. The molecule has 0 saturated carbocycles. The van der Waals surface area contributed by atoms with Gasteiger partial charge in [-0.05, 0) is 19.3 Å². The Morgan fingerprint density at radius 3 is 2.45 bits per heavy atom. The van der Waals surface area contributed by atoms with E-state index in [2.05, 4.69) is 22.2 Å². The molecule has 6 nitrogen and oxygen atoms in total. The van der Waals surface area contributed by atoms with E-state index in [-0.39, 0.29) is 5.91 Å². The zero-order chi connectivity index (χ0) is 16.4. The molecule has 0 saturated heterocycles. The highest BCUT2D eigenvalue weighted by Crippen LogP contribution is 2.06. The molecule has 0 aromatic carbocycles. The molecule has 0 aliphatic carbocycles. The van der Waals surface area contributed by atoms with E-state index >= 15 is 0 Å². The zero-order valence-electron chi connectivity index (χ0n) is 13.5. The summed E-state index contributed by atoms with van der Waals surface area (Å²) in [4.78, 5) is 20.4. The van der Waals surface area contributed by atoms with Crippen molar-refractivity contribution in [3.8, 4) is 0 Å². The van der Waals surface area contributed by atoms with Gasteiger partial charge in [-0.3, -0.25) is 14.8 Å². The number of hydrogen-bond donors (Lipinski definition) is 3. The third-order valence-corrected chi connectivity index (χ3v) is 3.45. The molecule has 3 N–H and O–H groups in total. The number of rotatable bonds is 10. The minimum atomic E-state index is -1.01. The maximum atomic E-state index is 11.7. The molecule has 0 bridgehead atoms. The molecule has 1 aromatic heterocycles. The van der Waals surface area contributed by atoms with E-state index in [1.807, 2.05) is 6.92 Å². The van der Waals surface area contributed by atoms with Gasteiger partial charge in [0.05, 0.1) is 30.1 Å². The Bertz CT molecular complexity index is 437. The van der Waals surface area contributed by atoms with Crippen LogP contribution in [0.25, 0.3) is 0 Å². The first-order valence-electron chi connectivity index (χ1n) is 7.98. The van der Waals surface area contributed by atoms with Crippen LogP contribution in [0.15, 0.2) is 12.4 Å². The summed E-state index contributed by atoms with van der Waals surface area (Å²) in [6, 6.07) is -0.556. The number of nitrogens with one attached hydrogen (secondary N) is 1. The predicted octanol–water partition coefficient (Wildman–Crippen LogP) is 1.000. The molecule has 1 rings (SSSR count). The number of carbonyl (C=O) groups is 1. The number of unbranched alkanes of at least 4 members (excludes halogenated alkanes) is 1. The Morgan fingerprint density at radius 2 is 1.91 bits per heavy atom. The van der Waals surface area contributed by atoms with E-state index in [4.69, 9.17) is 5.11 Å². The maximum absolute atomic E-state index is 11.7. The molecule has 1 heterocycles. The molecule has 22 heavy (non-hydrogen) atoms. The second kappa shape index (κ2) is 10.2. The Balaban J connectivity index is 2.66. The third-order valence-electron chi connectivity index (χ3n) is 3.45. The lowest BCUT2D eigenvalue weighted by Crippen LogP contribution is -2.46. The van der Waals surface area contributed by atoms with Crippen molar-refractivity contribution in [3.05, 3.63) is 23.8 Å². The number of aryl methyl sites for hydroxylation is 1. The number of amides is 1. The van der Waals surface area contributed by atoms with Crippen molar-refractivity contribution in [1.29, 1.82) is 0 Å². The van der Waals surface area contributed by atoms with E-state index in [0.29, 0.717) is 18.5 Å². The number of carbonyl (C=O) groups excluding carboxylic acids is 1. The van der Waals surface area contributed by atoms with E-state index in [0.717, 1.165) is 31.4 Å². The molecular formula is C16H27N3O3. The Kier molecular flexibility index (Phi) is 8.62. The van der Waals surface area contributed by atoms with Gasteiger partial charge < -0.3 is 15.5 Å². The van der Waals surface area contributed by atoms with Crippen LogP contribution in [-0.2, 0) is 17.6 Å². The molecule has 0 radical (unpaired) electrons. The zero-order valence-corrected chi connectivity index (χ0v) is 13.5. The second-order valence-corrected chi connectivity index (χ2v) is 5.48. The predicted molar refractivity (Wildman–Crippen MR) is 84.3 cm³/mol. The highest BCUT2D eigenvalue weighted by molar-refractivity contribution is 5.76. The monoisotopic (exact) mass is 309 g/mol. The van der Waals surface area contributed by atoms with Crippen LogP contribution in [0, 0.1) is 0 Å². The van der Waals surface area contributed by atoms with E-state index < -0.39 is 18.8 Å². The third kappa shape index (κ3) is 6.49. The maximum Gasteiger partial charge on any atom is 0.220 e. The molecule has 1 aromatic rings. The summed E-state index contributed by atoms with van der Waals surface area (Å²) in [7, 11) is 0. The second-order valence-electron chi connectivity index (χ2n) is 5.48. The molecule has 0 unspecified atom stereocenters. The molecule has 0 aliphatic heterocycles. The normalized spacial score (nSPS) is 13.6. The van der Waals surface area contributed by atoms with Crippen LogP contribution in [0.2, 0.25) is 0 Å². The summed E-state index contributed by atoms with van der Waals surface area (Å²) in [6.07, 6.45) is 6.97. The molecule has 124 valence electrons. The smallest absolute Gasteiger partial charge is 0.220 e. The summed E-state index contributed by atoms with van der Waals surface area (Å²) < 4.78 is 0. The number of hydrogen-bond acceptors (Lipinski definition) is 5. The Labute approximate surface area is 132 Å². The van der Waals surface area contributed by atoms with Gasteiger partial charge in [-0.2, -0.15) is 0 Å². The first kappa shape index (κ1) is 18.5. The van der Waals surface area contributed by atoms with Crippen molar-refractivity contribution >= 4 is 5.91 Å². The van der Waals surface area contributed by atoms with Crippen molar-refractivity contribution in [2.24, 2.45) is 0 Å². The number of aliphatic hydroxyl groups is 2. The SMILES string of the molecule is CCCCc1cnc(C[C@H](NC(=O)CCC)[C@H](O)CO)cn1. The lowest BCUT2D eigenvalue weighted by Gasteiger charge is -2.22. The summed E-state index contributed by atoms with van der Waals surface area (Å²) in [5.74, 6) is -0.132. The van der Waals surface area contributed by atoms with Crippen molar-refractivity contribution in [2.45, 2.75) is 64.5 Å². The molecular weight excluding hydrogens is 282 g/mol. The summed E-state index contributed by atoms with van der Waals surface area (Å²) in [5.41, 5.74) is 1.63. The van der Waals surface area contributed by atoms with E-state index in [1.54, 1.807) is 12.4 Å². The van der Waals surface area contributed by atoms with Gasteiger partial charge >= 0.3 is 0 Å². The molecule has 0 spiro atoms. The first-order valence-corrected chi connectivity index (χ1v) is 7.98. The van der Waals surface area contributed by atoms with Crippen molar-refractivity contribution in [2.75, 3.05) is 6.61 Å². The topological polar surface area (TPSA) is 95.3 Å². The quantitative estimate of drug-likeness (QED) is 0.599. The Hall–Kier alpha value is -1.53. The van der Waals surface area contributed by atoms with Gasteiger partial charge in [-0.1, -0.05) is 20.3 Å². The fourth-order valence-corrected chi connectivity index (χ4v) is 2.12. The molecule has 0 aliphatic rings. The van der Waals surface area contributed by atoms with Crippen LogP contribution in [0.4, 0.5) is 0 Å². The van der Waals surface area contributed by atoms with Crippen LogP contribution < -0.4 is 5.32 Å². The summed E-state index contributed by atoms with van der Waals surface area (Å²) in [5, 5.41) is 21.7. The van der Waals surface area contributed by atoms with E-state index in [9.17, 15) is 9.90 Å². The molecule has 2 atom stereocenters. The lowest BCUT2D eigenvalue weighted by atomic mass is 10.1. The fourth-order valence-electron chi connectivity index (χ4n) is 2.12. The lowest BCUT2D eigenvalue weighted by molar-refractivity contribution is -0.122. The van der Waals surface area contributed by atoms with Crippen LogP contribution in [-0.4, -0.2) is 44.8 Å². The van der Waals surface area contributed by atoms with Crippen LogP contribution in [0.3, 0.4) is 0 Å². The van der Waals surface area contributed by atoms with Gasteiger partial charge in [0, 0.05) is 25.2 Å². The van der Waals surface area contributed by atoms with E-state index in [1.165, 1.54) is 0 Å². The minimum Gasteiger partial charge on any atom is -0.394 e. The van der Waals surface area contributed by atoms with Gasteiger partial charge in [0.1, 0.15) is 0 Å². The van der Waals surface area contributed by atoms with Crippen molar-refractivity contribution < 1.29 is 15.0 Å². The largest absolute Gasteiger partial charge is 0.394 e. The average Bonchev–Trinajstić information content (AvgIpc) is 2.53. The molecule has 0 fully saturated rings. The van der Waals surface area contributed by atoms with Crippen LogP contribution in [0.1, 0.15) is 50.9 Å². The van der Waals surface area contributed by atoms with Gasteiger partial charge in [-0.15, -0.1) is 0 Å². The van der Waals surface area contributed by atoms with Crippen LogP contribution in [0.5, 0.6) is 0 Å². The fraction of sp³-hybridized carbons (Fsp3) is 0.688. The van der Waals surface area contributed by atoms with Crippen LogP contribution >= 0.6 is 0 Å². The van der Waals surface area contributed by atoms with Crippen molar-refractivity contribution in [3.63, 3.8) is 0 Å². The first-order chi connectivity index (χ1) is 10.6.